The van der Waals surface area contributed by atoms with E-state index in [2.05, 4.69) is 4.98 Å². The highest BCUT2D eigenvalue weighted by Gasteiger charge is 2.45. The minimum Gasteiger partial charge on any atom is -0.503 e. The van der Waals surface area contributed by atoms with Crippen molar-refractivity contribution in [1.82, 2.24) is 14.8 Å². The van der Waals surface area contributed by atoms with E-state index < -0.39 is 23.1 Å². The minimum absolute atomic E-state index is 0.166. The van der Waals surface area contributed by atoms with E-state index in [1.807, 2.05) is 25.1 Å². The first-order valence-electron chi connectivity index (χ1n) is 7.98. The molecule has 0 saturated carbocycles. The molecule has 1 N–H and O–H groups in total. The number of amides is 1. The number of aromatic nitrogens is 1. The molecule has 0 spiro atoms. The van der Waals surface area contributed by atoms with Crippen molar-refractivity contribution in [2.45, 2.75) is 26.8 Å². The summed E-state index contributed by atoms with van der Waals surface area (Å²) in [5.41, 5.74) is 0.197. The van der Waals surface area contributed by atoms with Gasteiger partial charge in [0.25, 0.3) is 5.91 Å². The Balaban J connectivity index is 2.50. The largest absolute Gasteiger partial charge is 0.503 e. The predicted octanol–water partition coefficient (Wildman–Crippen LogP) is 1.95. The van der Waals surface area contributed by atoms with E-state index in [4.69, 9.17) is 0 Å². The number of hydrogen-bond donors (Lipinski definition) is 1. The maximum atomic E-state index is 12.9. The smallest absolute Gasteiger partial charge is 0.290 e. The van der Waals surface area contributed by atoms with Gasteiger partial charge in [0.2, 0.25) is 0 Å². The van der Waals surface area contributed by atoms with Crippen LogP contribution >= 0.6 is 0 Å². The Morgan fingerprint density at radius 1 is 1.38 bits per heavy atom. The third kappa shape index (κ3) is 3.48. The number of carbonyl (C=O) groups is 2. The zero-order valence-electron chi connectivity index (χ0n) is 14.9. The molecule has 1 amide bonds. The van der Waals surface area contributed by atoms with Gasteiger partial charge in [-0.15, -0.1) is 0 Å². The monoisotopic (exact) mass is 331 g/mol. The van der Waals surface area contributed by atoms with E-state index in [1.165, 1.54) is 0 Å². The maximum absolute atomic E-state index is 12.9. The van der Waals surface area contributed by atoms with Crippen molar-refractivity contribution in [1.29, 1.82) is 0 Å². The van der Waals surface area contributed by atoms with Gasteiger partial charge in [0.05, 0.1) is 11.6 Å². The predicted molar refractivity (Wildman–Crippen MR) is 91.4 cm³/mol. The molecule has 130 valence electrons. The normalized spacial score (nSPS) is 18.7. The molecule has 2 heterocycles. The van der Waals surface area contributed by atoms with Crippen molar-refractivity contribution in [3.63, 3.8) is 0 Å². The standard InChI is InChI=1S/C18H25N3O3/c1-18(2,3)16(23)13-14(12-7-6-8-19-11-12)21(10-9-20(4)5)17(24)15(13)22/h6-8,11,14,22H,9-10H2,1-5H3. The summed E-state index contributed by atoms with van der Waals surface area (Å²) in [5.74, 6) is -1.17. The molecule has 6 heteroatoms. The molecule has 1 aromatic rings. The van der Waals surface area contributed by atoms with Gasteiger partial charge in [-0.25, -0.2) is 0 Å². The summed E-state index contributed by atoms with van der Waals surface area (Å²) < 4.78 is 0. The van der Waals surface area contributed by atoms with Crippen LogP contribution in [0, 0.1) is 5.41 Å². The summed E-state index contributed by atoms with van der Waals surface area (Å²) in [6, 6.07) is 2.98. The van der Waals surface area contributed by atoms with Crippen LogP contribution < -0.4 is 0 Å². The Labute approximate surface area is 142 Å². The fourth-order valence-corrected chi connectivity index (χ4v) is 2.71. The van der Waals surface area contributed by atoms with E-state index in [-0.39, 0.29) is 11.4 Å². The van der Waals surface area contributed by atoms with Crippen molar-refractivity contribution in [2.75, 3.05) is 27.2 Å². The second-order valence-electron chi connectivity index (χ2n) is 7.33. The van der Waals surface area contributed by atoms with E-state index in [1.54, 1.807) is 44.1 Å². The third-order valence-electron chi connectivity index (χ3n) is 4.02. The van der Waals surface area contributed by atoms with Crippen LogP contribution in [-0.2, 0) is 9.59 Å². The minimum atomic E-state index is -0.693. The first-order valence-corrected chi connectivity index (χ1v) is 7.98. The molecule has 0 fully saturated rings. The number of nitrogens with zero attached hydrogens (tertiary/aromatic N) is 3. The van der Waals surface area contributed by atoms with Crippen molar-refractivity contribution in [2.24, 2.45) is 5.41 Å². The number of likely N-dealkylation sites (N-methyl/N-ethyl adjacent to an activating group) is 1. The van der Waals surface area contributed by atoms with E-state index in [9.17, 15) is 14.7 Å². The number of rotatable bonds is 5. The number of aliphatic hydroxyl groups is 1. The average molecular weight is 331 g/mol. The quantitative estimate of drug-likeness (QED) is 0.893. The fraction of sp³-hybridized carbons (Fsp3) is 0.500. The summed E-state index contributed by atoms with van der Waals surface area (Å²) in [5, 5.41) is 10.4. The lowest BCUT2D eigenvalue weighted by Crippen LogP contribution is -2.37. The van der Waals surface area contributed by atoms with Gasteiger partial charge < -0.3 is 14.9 Å². The number of pyridine rings is 1. The summed E-state index contributed by atoms with van der Waals surface area (Å²) in [7, 11) is 3.82. The van der Waals surface area contributed by atoms with Crippen LogP contribution in [0.2, 0.25) is 0 Å². The molecule has 0 bridgehead atoms. The third-order valence-corrected chi connectivity index (χ3v) is 4.02. The van der Waals surface area contributed by atoms with Crippen LogP contribution in [-0.4, -0.2) is 58.8 Å². The van der Waals surface area contributed by atoms with Gasteiger partial charge in [0, 0.05) is 30.9 Å². The van der Waals surface area contributed by atoms with Crippen LogP contribution in [0.5, 0.6) is 0 Å². The summed E-state index contributed by atoms with van der Waals surface area (Å²) >= 11 is 0. The molecule has 0 aliphatic carbocycles. The van der Waals surface area contributed by atoms with Gasteiger partial charge in [-0.3, -0.25) is 14.6 Å². The number of ketones is 1. The number of hydrogen-bond acceptors (Lipinski definition) is 5. The summed E-state index contributed by atoms with van der Waals surface area (Å²) in [4.78, 5) is 33.0. The van der Waals surface area contributed by atoms with E-state index >= 15 is 0 Å². The molecule has 0 aromatic carbocycles. The number of Topliss-reactive ketones (excluding diaryl/α,β-unsaturated/α-hetero) is 1. The van der Waals surface area contributed by atoms with Crippen molar-refractivity contribution >= 4 is 11.7 Å². The van der Waals surface area contributed by atoms with Gasteiger partial charge >= 0.3 is 0 Å². The van der Waals surface area contributed by atoms with Crippen LogP contribution in [0.4, 0.5) is 0 Å². The van der Waals surface area contributed by atoms with Crippen molar-refractivity contribution < 1.29 is 14.7 Å². The molecule has 0 radical (unpaired) electrons. The first kappa shape index (κ1) is 18.1. The molecule has 1 aromatic heterocycles. The topological polar surface area (TPSA) is 73.7 Å². The second-order valence-corrected chi connectivity index (χ2v) is 7.33. The Morgan fingerprint density at radius 2 is 2.04 bits per heavy atom. The van der Waals surface area contributed by atoms with Gasteiger partial charge in [-0.1, -0.05) is 26.8 Å². The SMILES string of the molecule is CN(C)CCN1C(=O)C(O)=C(C(=O)C(C)(C)C)C1c1cccnc1. The van der Waals surface area contributed by atoms with Crippen LogP contribution in [0.3, 0.4) is 0 Å². The molecule has 2 rings (SSSR count). The maximum Gasteiger partial charge on any atom is 0.290 e. The van der Waals surface area contributed by atoms with Gasteiger partial charge in [0.1, 0.15) is 0 Å². The molecule has 24 heavy (non-hydrogen) atoms. The zero-order chi connectivity index (χ0) is 18.1. The average Bonchev–Trinajstić information content (AvgIpc) is 2.76. The summed E-state index contributed by atoms with van der Waals surface area (Å²) in [6.45, 7) is 6.39. The molecular weight excluding hydrogens is 306 g/mol. The highest BCUT2D eigenvalue weighted by molar-refractivity contribution is 6.10. The second kappa shape index (κ2) is 6.73. The van der Waals surface area contributed by atoms with E-state index in [0.29, 0.717) is 13.1 Å². The molecule has 1 unspecified atom stereocenters. The molecule has 1 atom stereocenters. The Hall–Kier alpha value is -2.21. The molecule has 0 saturated heterocycles. The lowest BCUT2D eigenvalue weighted by atomic mass is 9.82. The highest BCUT2D eigenvalue weighted by Crippen LogP contribution is 2.40. The zero-order valence-corrected chi connectivity index (χ0v) is 14.9. The molecule has 1 aliphatic heterocycles. The summed E-state index contributed by atoms with van der Waals surface area (Å²) in [6.07, 6.45) is 3.27. The Kier molecular flexibility index (Phi) is 5.08. The van der Waals surface area contributed by atoms with Crippen molar-refractivity contribution in [3.05, 3.63) is 41.4 Å². The lowest BCUT2D eigenvalue weighted by Gasteiger charge is -2.29. The first-order chi connectivity index (χ1) is 11.1. The Bertz CT molecular complexity index is 660. The van der Waals surface area contributed by atoms with Crippen molar-refractivity contribution in [3.8, 4) is 0 Å². The van der Waals surface area contributed by atoms with Gasteiger partial charge in [0.15, 0.2) is 11.5 Å². The molecule has 6 nitrogen and oxygen atoms in total. The van der Waals surface area contributed by atoms with Gasteiger partial charge in [-0.2, -0.15) is 0 Å². The lowest BCUT2D eigenvalue weighted by molar-refractivity contribution is -0.129. The van der Waals surface area contributed by atoms with E-state index in [0.717, 1.165) is 5.56 Å². The van der Waals surface area contributed by atoms with Crippen LogP contribution in [0.25, 0.3) is 0 Å². The highest BCUT2D eigenvalue weighted by atomic mass is 16.3. The van der Waals surface area contributed by atoms with Gasteiger partial charge in [-0.05, 0) is 25.7 Å². The van der Waals surface area contributed by atoms with Crippen LogP contribution in [0.1, 0.15) is 32.4 Å². The molecular formula is C18H25N3O3. The fourth-order valence-electron chi connectivity index (χ4n) is 2.71. The van der Waals surface area contributed by atoms with Crippen LogP contribution in [0.15, 0.2) is 35.9 Å². The molecule has 1 aliphatic rings. The number of carbonyl (C=O) groups excluding carboxylic acids is 2. The number of aliphatic hydroxyl groups excluding tert-OH is 1. The Morgan fingerprint density at radius 3 is 2.54 bits per heavy atom.